The molecular weight excluding hydrogens is 511 g/mol. The third kappa shape index (κ3) is 4.41. The molecule has 1 saturated carbocycles. The van der Waals surface area contributed by atoms with Crippen molar-refractivity contribution in [3.63, 3.8) is 0 Å². The van der Waals surface area contributed by atoms with E-state index in [4.69, 9.17) is 12.2 Å². The molecule has 0 aromatic heterocycles. The molecule has 2 aromatic rings. The molecule has 1 N–H and O–H groups in total. The maximum absolute atomic E-state index is 13.5. The monoisotopic (exact) mass is 531 g/mol. The summed E-state index contributed by atoms with van der Waals surface area (Å²) in [5.74, 6) is -1.50. The number of hydrogen-bond donors (Lipinski definition) is 1. The first-order valence-electron chi connectivity index (χ1n) is 11.3. The molecule has 36 heavy (non-hydrogen) atoms. The summed E-state index contributed by atoms with van der Waals surface area (Å²) in [6, 6.07) is 11.1. The third-order valence-electron chi connectivity index (χ3n) is 6.41. The largest absolute Gasteiger partial charge is 0.416 e. The van der Waals surface area contributed by atoms with Gasteiger partial charge in [-0.2, -0.15) is 13.2 Å². The quantitative estimate of drug-likeness (QED) is 0.434. The molecule has 0 radical (unpaired) electrons. The average Bonchev–Trinajstić information content (AvgIpc) is 3.51. The van der Waals surface area contributed by atoms with Gasteiger partial charge in [0.15, 0.2) is 0 Å². The number of carbonyl (C=O) groups excluding carboxylic acids is 3. The minimum Gasteiger partial charge on any atom is -0.325 e. The normalized spacial score (nSPS) is 20.5. The number of hydrogen-bond acceptors (Lipinski definition) is 5. The van der Waals surface area contributed by atoms with Crippen LogP contribution in [0.25, 0.3) is 5.57 Å². The lowest BCUT2D eigenvalue weighted by Gasteiger charge is -2.22. The van der Waals surface area contributed by atoms with Crippen molar-refractivity contribution in [1.29, 1.82) is 0 Å². The fourth-order valence-corrected chi connectivity index (χ4v) is 6.25. The van der Waals surface area contributed by atoms with Gasteiger partial charge in [-0.15, -0.1) is 0 Å². The number of fused-ring (bicyclic) bond motifs is 1. The number of para-hydroxylation sites is 1. The number of halogens is 3. The van der Waals surface area contributed by atoms with E-state index >= 15 is 0 Å². The molecule has 0 unspecified atom stereocenters. The fourth-order valence-electron chi connectivity index (χ4n) is 4.78. The summed E-state index contributed by atoms with van der Waals surface area (Å²) in [5, 5.41) is 2.43. The Balaban J connectivity index is 1.41. The third-order valence-corrected chi connectivity index (χ3v) is 7.82. The Kier molecular flexibility index (Phi) is 6.37. The van der Waals surface area contributed by atoms with Crippen LogP contribution in [0.3, 0.4) is 0 Å². The fraction of sp³-hybridized carbons (Fsp3) is 0.280. The number of benzene rings is 2. The lowest BCUT2D eigenvalue weighted by Crippen LogP contribution is -2.37. The number of anilines is 2. The maximum Gasteiger partial charge on any atom is 0.416 e. The first-order valence-corrected chi connectivity index (χ1v) is 12.6. The zero-order valence-corrected chi connectivity index (χ0v) is 20.4. The summed E-state index contributed by atoms with van der Waals surface area (Å²) >= 11 is 6.57. The number of thiocarbonyl (C=S) groups is 1. The van der Waals surface area contributed by atoms with Crippen molar-refractivity contribution in [3.8, 4) is 0 Å². The first kappa shape index (κ1) is 24.5. The van der Waals surface area contributed by atoms with E-state index in [1.54, 1.807) is 29.2 Å². The number of nitrogens with zero attached hydrogens (tertiary/aromatic N) is 2. The SMILES string of the molecule is O=C(CN1C(=O)/C(=C2\SC(=S)N(C3CCCC3)C2=O)c2ccccc21)Nc1cccc(C(F)(F)F)c1. The predicted molar refractivity (Wildman–Crippen MR) is 135 cm³/mol. The van der Waals surface area contributed by atoms with Crippen molar-refractivity contribution in [2.24, 2.45) is 0 Å². The number of alkyl halides is 3. The Bertz CT molecular complexity index is 1320. The highest BCUT2D eigenvalue weighted by Gasteiger charge is 2.44. The number of rotatable bonds is 4. The summed E-state index contributed by atoms with van der Waals surface area (Å²) in [5.41, 5.74) is 0.223. The second kappa shape index (κ2) is 9.36. The van der Waals surface area contributed by atoms with Crippen molar-refractivity contribution in [2.75, 3.05) is 16.8 Å². The molecule has 2 aromatic carbocycles. The first-order chi connectivity index (χ1) is 17.1. The Morgan fingerprint density at radius 2 is 1.78 bits per heavy atom. The molecule has 0 spiro atoms. The molecule has 11 heteroatoms. The van der Waals surface area contributed by atoms with Crippen molar-refractivity contribution < 1.29 is 27.6 Å². The van der Waals surface area contributed by atoms with Crippen molar-refractivity contribution in [2.45, 2.75) is 37.9 Å². The van der Waals surface area contributed by atoms with E-state index in [1.807, 2.05) is 0 Å². The van der Waals surface area contributed by atoms with E-state index in [-0.39, 0.29) is 28.1 Å². The number of nitrogens with one attached hydrogen (secondary N) is 1. The zero-order chi connectivity index (χ0) is 25.6. The molecule has 3 amide bonds. The zero-order valence-electron chi connectivity index (χ0n) is 18.8. The topological polar surface area (TPSA) is 69.7 Å². The van der Waals surface area contributed by atoms with Gasteiger partial charge in [-0.25, -0.2) is 0 Å². The minimum absolute atomic E-state index is 0.0247. The molecule has 2 aliphatic heterocycles. The van der Waals surface area contributed by atoms with Gasteiger partial charge in [-0.1, -0.05) is 61.1 Å². The van der Waals surface area contributed by atoms with Gasteiger partial charge < -0.3 is 5.32 Å². The summed E-state index contributed by atoms with van der Waals surface area (Å²) < 4.78 is 39.5. The number of carbonyl (C=O) groups is 3. The van der Waals surface area contributed by atoms with Crippen LogP contribution >= 0.6 is 24.0 Å². The van der Waals surface area contributed by atoms with Crippen LogP contribution in [0.5, 0.6) is 0 Å². The van der Waals surface area contributed by atoms with E-state index in [0.717, 1.165) is 49.6 Å². The molecule has 2 heterocycles. The summed E-state index contributed by atoms with van der Waals surface area (Å²) in [4.78, 5) is 42.7. The number of amides is 3. The lowest BCUT2D eigenvalue weighted by molar-refractivity contribution is -0.137. The van der Waals surface area contributed by atoms with Crippen LogP contribution in [0.4, 0.5) is 24.5 Å². The molecule has 186 valence electrons. The molecule has 3 aliphatic rings. The highest BCUT2D eigenvalue weighted by molar-refractivity contribution is 8.26. The van der Waals surface area contributed by atoms with Gasteiger partial charge in [0.2, 0.25) is 5.91 Å². The molecule has 2 fully saturated rings. The van der Waals surface area contributed by atoms with Crippen molar-refractivity contribution in [1.82, 2.24) is 4.90 Å². The van der Waals surface area contributed by atoms with E-state index in [9.17, 15) is 27.6 Å². The van der Waals surface area contributed by atoms with Gasteiger partial charge >= 0.3 is 6.18 Å². The Morgan fingerprint density at radius 3 is 2.50 bits per heavy atom. The predicted octanol–water partition coefficient (Wildman–Crippen LogP) is 5.20. The average molecular weight is 532 g/mol. The Morgan fingerprint density at radius 1 is 1.06 bits per heavy atom. The lowest BCUT2D eigenvalue weighted by atomic mass is 10.1. The Hall–Kier alpha value is -3.18. The van der Waals surface area contributed by atoms with E-state index in [0.29, 0.717) is 15.6 Å². The van der Waals surface area contributed by atoms with Crippen LogP contribution < -0.4 is 10.2 Å². The second-order valence-corrected chi connectivity index (χ2v) is 10.4. The highest BCUT2D eigenvalue weighted by atomic mass is 32.2. The molecule has 6 nitrogen and oxygen atoms in total. The van der Waals surface area contributed by atoms with Crippen LogP contribution in [0.15, 0.2) is 53.4 Å². The van der Waals surface area contributed by atoms with E-state index in [2.05, 4.69) is 5.32 Å². The Labute approximate surface area is 214 Å². The molecule has 1 saturated heterocycles. The second-order valence-electron chi connectivity index (χ2n) is 8.72. The van der Waals surface area contributed by atoms with Crippen molar-refractivity contribution in [3.05, 3.63) is 64.6 Å². The van der Waals surface area contributed by atoms with Crippen LogP contribution in [-0.2, 0) is 20.6 Å². The smallest absolute Gasteiger partial charge is 0.325 e. The van der Waals surface area contributed by atoms with Crippen molar-refractivity contribution >= 4 is 63.0 Å². The summed E-state index contributed by atoms with van der Waals surface area (Å²) in [6.07, 6.45) is -0.790. The van der Waals surface area contributed by atoms with Crippen LogP contribution in [0.2, 0.25) is 0 Å². The van der Waals surface area contributed by atoms with Crippen LogP contribution in [0, 0.1) is 0 Å². The van der Waals surface area contributed by atoms with Gasteiger partial charge in [0.1, 0.15) is 10.9 Å². The van der Waals surface area contributed by atoms with Gasteiger partial charge in [0, 0.05) is 17.3 Å². The molecule has 5 rings (SSSR count). The summed E-state index contributed by atoms with van der Waals surface area (Å²) in [6.45, 7) is -0.432. The van der Waals surface area contributed by atoms with Gasteiger partial charge in [-0.3, -0.25) is 24.2 Å². The maximum atomic E-state index is 13.5. The minimum atomic E-state index is -4.55. The van der Waals surface area contributed by atoms with E-state index < -0.39 is 30.1 Å². The number of thioether (sulfide) groups is 1. The van der Waals surface area contributed by atoms with Gasteiger partial charge in [0.05, 0.1) is 21.7 Å². The molecular formula is C25H20F3N3O3S2. The molecule has 0 atom stereocenters. The van der Waals surface area contributed by atoms with Crippen LogP contribution in [0.1, 0.15) is 36.8 Å². The molecule has 1 aliphatic carbocycles. The van der Waals surface area contributed by atoms with Gasteiger partial charge in [-0.05, 0) is 37.1 Å². The summed E-state index contributed by atoms with van der Waals surface area (Å²) in [7, 11) is 0. The van der Waals surface area contributed by atoms with Crippen LogP contribution in [-0.4, -0.2) is 39.5 Å². The van der Waals surface area contributed by atoms with Gasteiger partial charge in [0.25, 0.3) is 11.8 Å². The molecule has 0 bridgehead atoms. The van der Waals surface area contributed by atoms with E-state index in [1.165, 1.54) is 17.0 Å². The standard InChI is InChI=1S/C25H20F3N3O3S2/c26-25(27,28)14-6-5-7-15(12-14)29-19(32)13-30-18-11-4-3-10-17(18)20(22(30)33)21-23(34)31(24(35)36-21)16-8-1-2-9-16/h3-7,10-12,16H,1-2,8-9,13H2,(H,29,32)/b21-20-. The highest BCUT2D eigenvalue weighted by Crippen LogP contribution is 2.46.